The van der Waals surface area contributed by atoms with Crippen LogP contribution >= 0.6 is 0 Å². The number of benzene rings is 1. The summed E-state index contributed by atoms with van der Waals surface area (Å²) in [4.78, 5) is 0. The quantitative estimate of drug-likeness (QED) is 0.516. The van der Waals surface area contributed by atoms with Crippen LogP contribution in [0.4, 0.5) is 4.39 Å². The molecule has 0 amide bonds. The highest BCUT2D eigenvalue weighted by Gasteiger charge is 2.03. The van der Waals surface area contributed by atoms with Crippen molar-refractivity contribution in [1.29, 1.82) is 0 Å². The number of hydrogen-bond acceptors (Lipinski definition) is 1. The predicted molar refractivity (Wildman–Crippen MR) is 55.5 cm³/mol. The van der Waals surface area contributed by atoms with Gasteiger partial charge in [0.15, 0.2) is 11.9 Å². The van der Waals surface area contributed by atoms with Crippen LogP contribution in [0.25, 0.3) is 11.1 Å². The number of aromatic nitrogens is 1. The third-order valence-corrected chi connectivity index (χ3v) is 2.28. The second kappa shape index (κ2) is 3.69. The Bertz CT molecular complexity index is 479. The van der Waals surface area contributed by atoms with Gasteiger partial charge in [0, 0.05) is 19.1 Å². The number of aryl methyl sites for hydroxylation is 1. The molecule has 2 rings (SSSR count). The first-order valence-corrected chi connectivity index (χ1v) is 4.62. The average Bonchev–Trinajstić information content (AvgIpc) is 2.23. The molecular weight excluding hydrogens is 193 g/mol. The van der Waals surface area contributed by atoms with E-state index in [0.717, 1.165) is 15.9 Å². The summed E-state index contributed by atoms with van der Waals surface area (Å²) >= 11 is 0. The topological polar surface area (TPSA) is 26.9 Å². The minimum absolute atomic E-state index is 0.259. The van der Waals surface area contributed by atoms with Crippen LogP contribution in [0.1, 0.15) is 5.69 Å². The third-order valence-electron chi connectivity index (χ3n) is 2.28. The van der Waals surface area contributed by atoms with Gasteiger partial charge in [-0.15, -0.1) is 0 Å². The molecule has 0 aliphatic heterocycles. The van der Waals surface area contributed by atoms with Crippen molar-refractivity contribution in [2.75, 3.05) is 0 Å². The molecule has 2 aromatic rings. The summed E-state index contributed by atoms with van der Waals surface area (Å²) in [5, 5.41) is 11.1. The molecule has 0 fully saturated rings. The Morgan fingerprint density at radius 1 is 1.07 bits per heavy atom. The van der Waals surface area contributed by atoms with Crippen LogP contribution in [0.15, 0.2) is 42.6 Å². The fourth-order valence-corrected chi connectivity index (χ4v) is 1.42. The molecule has 0 radical (unpaired) electrons. The zero-order valence-electron chi connectivity index (χ0n) is 8.27. The summed E-state index contributed by atoms with van der Waals surface area (Å²) in [5.41, 5.74) is 2.44. The molecule has 1 heterocycles. The number of halogens is 1. The van der Waals surface area contributed by atoms with Crippen molar-refractivity contribution in [2.45, 2.75) is 6.92 Å². The molecule has 0 atom stereocenters. The molecule has 76 valence electrons. The average molecular weight is 203 g/mol. The van der Waals surface area contributed by atoms with Gasteiger partial charge in [-0.25, -0.2) is 4.39 Å². The van der Waals surface area contributed by atoms with Gasteiger partial charge in [0.25, 0.3) is 0 Å². The molecule has 1 aromatic heterocycles. The fraction of sp³-hybridized carbons (Fsp3) is 0.0833. The Kier molecular flexibility index (Phi) is 2.37. The summed E-state index contributed by atoms with van der Waals surface area (Å²) in [6.45, 7) is 1.74. The number of nitrogens with zero attached hydrogens (tertiary/aromatic N) is 1. The van der Waals surface area contributed by atoms with E-state index in [0.29, 0.717) is 5.69 Å². The molecule has 0 saturated heterocycles. The lowest BCUT2D eigenvalue weighted by Crippen LogP contribution is -2.28. The van der Waals surface area contributed by atoms with Crippen LogP contribution in [0.3, 0.4) is 0 Å². The van der Waals surface area contributed by atoms with Crippen molar-refractivity contribution < 1.29 is 9.12 Å². The van der Waals surface area contributed by atoms with E-state index in [1.165, 1.54) is 18.3 Å². The molecule has 15 heavy (non-hydrogen) atoms. The lowest BCUT2D eigenvalue weighted by Gasteiger charge is -2.04. The third kappa shape index (κ3) is 1.96. The molecule has 0 spiro atoms. The fourth-order valence-electron chi connectivity index (χ4n) is 1.42. The normalized spacial score (nSPS) is 10.3. The predicted octanol–water partition coefficient (Wildman–Crippen LogP) is 2.43. The van der Waals surface area contributed by atoms with Gasteiger partial charge in [0.05, 0.1) is 0 Å². The monoisotopic (exact) mass is 203 g/mol. The van der Waals surface area contributed by atoms with Crippen LogP contribution in [-0.4, -0.2) is 0 Å². The number of pyridine rings is 1. The van der Waals surface area contributed by atoms with E-state index in [1.54, 1.807) is 31.2 Å². The maximum Gasteiger partial charge on any atom is 0.190 e. The van der Waals surface area contributed by atoms with Gasteiger partial charge in [-0.2, -0.15) is 4.73 Å². The second-order valence-electron chi connectivity index (χ2n) is 3.39. The molecule has 1 aromatic carbocycles. The maximum atomic E-state index is 12.7. The first-order chi connectivity index (χ1) is 7.16. The van der Waals surface area contributed by atoms with E-state index in [1.807, 2.05) is 0 Å². The Morgan fingerprint density at radius 3 is 2.33 bits per heavy atom. The zero-order chi connectivity index (χ0) is 10.8. The van der Waals surface area contributed by atoms with Crippen molar-refractivity contribution in [3.05, 3.63) is 59.3 Å². The summed E-state index contributed by atoms with van der Waals surface area (Å²) in [6, 6.07) is 9.69. The zero-order valence-corrected chi connectivity index (χ0v) is 8.27. The van der Waals surface area contributed by atoms with Gasteiger partial charge in [-0.3, -0.25) is 0 Å². The lowest BCUT2D eigenvalue weighted by molar-refractivity contribution is -0.612. The van der Waals surface area contributed by atoms with Crippen molar-refractivity contribution in [3.8, 4) is 11.1 Å². The van der Waals surface area contributed by atoms with E-state index in [9.17, 15) is 9.60 Å². The van der Waals surface area contributed by atoms with Crippen LogP contribution in [0.2, 0.25) is 0 Å². The molecule has 0 bridgehead atoms. The molecule has 3 heteroatoms. The van der Waals surface area contributed by atoms with Crippen molar-refractivity contribution in [1.82, 2.24) is 0 Å². The van der Waals surface area contributed by atoms with Crippen LogP contribution < -0.4 is 4.73 Å². The van der Waals surface area contributed by atoms with E-state index in [-0.39, 0.29) is 5.82 Å². The smallest absolute Gasteiger partial charge is 0.190 e. The summed E-state index contributed by atoms with van der Waals surface area (Å²) < 4.78 is 13.5. The van der Waals surface area contributed by atoms with Gasteiger partial charge in [-0.05, 0) is 23.3 Å². The molecule has 2 nitrogen and oxygen atoms in total. The largest absolute Gasteiger partial charge is 0.619 e. The van der Waals surface area contributed by atoms with Crippen molar-refractivity contribution >= 4 is 0 Å². The summed E-state index contributed by atoms with van der Waals surface area (Å²) in [6.07, 6.45) is 1.45. The van der Waals surface area contributed by atoms with Crippen LogP contribution in [-0.2, 0) is 0 Å². The molecule has 0 aliphatic carbocycles. The van der Waals surface area contributed by atoms with Crippen LogP contribution in [0.5, 0.6) is 0 Å². The Morgan fingerprint density at radius 2 is 1.73 bits per heavy atom. The van der Waals surface area contributed by atoms with Gasteiger partial charge >= 0.3 is 0 Å². The second-order valence-corrected chi connectivity index (χ2v) is 3.39. The van der Waals surface area contributed by atoms with Crippen molar-refractivity contribution in [3.63, 3.8) is 0 Å². The number of hydrogen-bond donors (Lipinski definition) is 0. The molecular formula is C12H10FNO. The lowest BCUT2D eigenvalue weighted by atomic mass is 10.1. The molecule has 0 unspecified atom stereocenters. The van der Waals surface area contributed by atoms with Crippen molar-refractivity contribution in [2.24, 2.45) is 0 Å². The molecule has 0 N–H and O–H groups in total. The van der Waals surface area contributed by atoms with E-state index in [2.05, 4.69) is 0 Å². The highest BCUT2D eigenvalue weighted by molar-refractivity contribution is 5.62. The SMILES string of the molecule is Cc1cc(-c2ccc(F)cc2)cc[n+]1[O-]. The number of rotatable bonds is 1. The Hall–Kier alpha value is -1.90. The highest BCUT2D eigenvalue weighted by Crippen LogP contribution is 2.18. The van der Waals surface area contributed by atoms with Gasteiger partial charge in [-0.1, -0.05) is 12.1 Å². The minimum Gasteiger partial charge on any atom is -0.619 e. The highest BCUT2D eigenvalue weighted by atomic mass is 19.1. The summed E-state index contributed by atoms with van der Waals surface area (Å²) in [7, 11) is 0. The van der Waals surface area contributed by atoms with E-state index >= 15 is 0 Å². The van der Waals surface area contributed by atoms with Crippen LogP contribution in [0, 0.1) is 17.9 Å². The van der Waals surface area contributed by atoms with E-state index < -0.39 is 0 Å². The summed E-state index contributed by atoms with van der Waals surface area (Å²) in [5.74, 6) is -0.259. The Labute approximate surface area is 87.2 Å². The van der Waals surface area contributed by atoms with Gasteiger partial charge in [0.1, 0.15) is 5.82 Å². The Balaban J connectivity index is 2.45. The van der Waals surface area contributed by atoms with Gasteiger partial charge in [0.2, 0.25) is 0 Å². The molecule has 0 aliphatic rings. The first-order valence-electron chi connectivity index (χ1n) is 4.62. The van der Waals surface area contributed by atoms with E-state index in [4.69, 9.17) is 0 Å². The minimum atomic E-state index is -0.259. The van der Waals surface area contributed by atoms with Gasteiger partial charge < -0.3 is 5.21 Å². The maximum absolute atomic E-state index is 12.7. The molecule has 0 saturated carbocycles. The standard InChI is InChI=1S/C12H10FNO/c1-9-8-11(6-7-14(9)15)10-2-4-12(13)5-3-10/h2-8H,1H3. The first kappa shape index (κ1) is 9.65.